The minimum Gasteiger partial charge on any atom is -0.339 e. The van der Waals surface area contributed by atoms with Gasteiger partial charge in [-0.05, 0) is 26.7 Å². The fourth-order valence-corrected chi connectivity index (χ4v) is 1.75. The first-order valence-electron chi connectivity index (χ1n) is 6.12. The Morgan fingerprint density at radius 2 is 1.81 bits per heavy atom. The Hall–Kier alpha value is -0.900. The number of hydrogen-bond acceptors (Lipinski definition) is 4. The smallest absolute Gasteiger partial charge is 0.229 e. The molecule has 1 heterocycles. The summed E-state index contributed by atoms with van der Waals surface area (Å²) in [5.74, 6) is 1.73. The molecule has 0 atom stereocenters. The Labute approximate surface area is 97.6 Å². The molecule has 16 heavy (non-hydrogen) atoms. The molecule has 0 unspecified atom stereocenters. The van der Waals surface area contributed by atoms with Crippen molar-refractivity contribution in [2.45, 2.75) is 64.8 Å². The minimum absolute atomic E-state index is 0.388. The molecule has 0 spiro atoms. The number of nitrogens with two attached hydrogens (primary N) is 1. The third-order valence-corrected chi connectivity index (χ3v) is 2.64. The highest BCUT2D eigenvalue weighted by Crippen LogP contribution is 2.26. The monoisotopic (exact) mass is 225 g/mol. The van der Waals surface area contributed by atoms with Gasteiger partial charge in [0, 0.05) is 5.92 Å². The molecule has 0 fully saturated rings. The van der Waals surface area contributed by atoms with Gasteiger partial charge in [0.2, 0.25) is 5.89 Å². The van der Waals surface area contributed by atoms with Crippen molar-refractivity contribution < 1.29 is 4.52 Å². The van der Waals surface area contributed by atoms with Gasteiger partial charge < -0.3 is 10.3 Å². The van der Waals surface area contributed by atoms with Gasteiger partial charge in [0.1, 0.15) is 0 Å². The van der Waals surface area contributed by atoms with Gasteiger partial charge >= 0.3 is 0 Å². The second-order valence-corrected chi connectivity index (χ2v) is 4.95. The quantitative estimate of drug-likeness (QED) is 0.808. The van der Waals surface area contributed by atoms with Crippen molar-refractivity contribution in [1.82, 2.24) is 10.1 Å². The zero-order chi connectivity index (χ0) is 12.2. The van der Waals surface area contributed by atoms with Gasteiger partial charge in [0.15, 0.2) is 5.82 Å². The van der Waals surface area contributed by atoms with Crippen LogP contribution in [-0.2, 0) is 5.54 Å². The lowest BCUT2D eigenvalue weighted by molar-refractivity contribution is 0.328. The first kappa shape index (κ1) is 13.2. The maximum Gasteiger partial charge on any atom is 0.229 e. The first-order valence-corrected chi connectivity index (χ1v) is 6.12. The summed E-state index contributed by atoms with van der Waals surface area (Å²) in [6.45, 7) is 8.12. The lowest BCUT2D eigenvalue weighted by Crippen LogP contribution is -2.30. The standard InChI is InChI=1S/C12H23N3O/c1-5-7-9(8-6-2)10-14-11(15-16-10)12(3,4)13/h9H,5-8,13H2,1-4H3. The Kier molecular flexibility index (Phi) is 4.47. The van der Waals surface area contributed by atoms with E-state index in [1.807, 2.05) is 13.8 Å². The summed E-state index contributed by atoms with van der Waals surface area (Å²) in [6, 6.07) is 0. The molecule has 92 valence electrons. The molecule has 1 rings (SSSR count). The van der Waals surface area contributed by atoms with Crippen molar-refractivity contribution in [3.63, 3.8) is 0 Å². The average Bonchev–Trinajstić information content (AvgIpc) is 2.65. The summed E-state index contributed by atoms with van der Waals surface area (Å²) in [4.78, 5) is 4.42. The van der Waals surface area contributed by atoms with Crippen LogP contribution >= 0.6 is 0 Å². The van der Waals surface area contributed by atoms with Crippen LogP contribution in [-0.4, -0.2) is 10.1 Å². The number of rotatable bonds is 6. The van der Waals surface area contributed by atoms with E-state index in [4.69, 9.17) is 10.3 Å². The van der Waals surface area contributed by atoms with Crippen LogP contribution in [0, 0.1) is 0 Å². The predicted octanol–water partition coefficient (Wildman–Crippen LogP) is 2.95. The molecule has 0 saturated heterocycles. The van der Waals surface area contributed by atoms with Gasteiger partial charge in [-0.15, -0.1) is 0 Å². The molecule has 4 nitrogen and oxygen atoms in total. The van der Waals surface area contributed by atoms with Gasteiger partial charge in [-0.1, -0.05) is 31.8 Å². The second kappa shape index (κ2) is 5.43. The van der Waals surface area contributed by atoms with Crippen molar-refractivity contribution >= 4 is 0 Å². The molecular formula is C12H23N3O. The molecule has 1 aromatic rings. The molecule has 1 aromatic heterocycles. The maximum atomic E-state index is 5.93. The van der Waals surface area contributed by atoms with Crippen LogP contribution in [0.25, 0.3) is 0 Å². The van der Waals surface area contributed by atoms with E-state index in [2.05, 4.69) is 24.0 Å². The van der Waals surface area contributed by atoms with Crippen LogP contribution in [0.1, 0.15) is 71.0 Å². The highest BCUT2D eigenvalue weighted by molar-refractivity contribution is 5.01. The first-order chi connectivity index (χ1) is 7.49. The summed E-state index contributed by atoms with van der Waals surface area (Å²) in [6.07, 6.45) is 4.46. The summed E-state index contributed by atoms with van der Waals surface area (Å²) < 4.78 is 5.32. The Balaban J connectivity index is 2.81. The summed E-state index contributed by atoms with van der Waals surface area (Å²) in [7, 11) is 0. The van der Waals surface area contributed by atoms with E-state index < -0.39 is 5.54 Å². The average molecular weight is 225 g/mol. The minimum atomic E-state index is -0.523. The van der Waals surface area contributed by atoms with Crippen LogP contribution in [0.2, 0.25) is 0 Å². The van der Waals surface area contributed by atoms with Gasteiger partial charge in [-0.2, -0.15) is 4.98 Å². The van der Waals surface area contributed by atoms with Gasteiger partial charge in [-0.3, -0.25) is 0 Å². The lowest BCUT2D eigenvalue weighted by atomic mass is 9.98. The Bertz CT molecular complexity index is 308. The van der Waals surface area contributed by atoms with E-state index in [-0.39, 0.29) is 0 Å². The zero-order valence-corrected chi connectivity index (χ0v) is 10.8. The van der Waals surface area contributed by atoms with E-state index in [9.17, 15) is 0 Å². The Morgan fingerprint density at radius 1 is 1.25 bits per heavy atom. The number of hydrogen-bond donors (Lipinski definition) is 1. The van der Waals surface area contributed by atoms with Crippen molar-refractivity contribution in [3.05, 3.63) is 11.7 Å². The molecule has 0 bridgehead atoms. The van der Waals surface area contributed by atoms with Crippen LogP contribution in [0.4, 0.5) is 0 Å². The summed E-state index contributed by atoms with van der Waals surface area (Å²) in [5, 5.41) is 3.96. The van der Waals surface area contributed by atoms with E-state index in [1.54, 1.807) is 0 Å². The molecule has 0 aliphatic rings. The molecule has 0 aromatic carbocycles. The molecule has 0 radical (unpaired) electrons. The van der Waals surface area contributed by atoms with Gasteiger partial charge in [0.05, 0.1) is 5.54 Å². The second-order valence-electron chi connectivity index (χ2n) is 4.95. The van der Waals surface area contributed by atoms with Crippen molar-refractivity contribution in [2.75, 3.05) is 0 Å². The van der Waals surface area contributed by atoms with Crippen molar-refractivity contribution in [2.24, 2.45) is 5.73 Å². The molecule has 0 amide bonds. The SMILES string of the molecule is CCCC(CCC)c1nc(C(C)(C)N)no1. The van der Waals surface area contributed by atoms with Gasteiger partial charge in [-0.25, -0.2) is 0 Å². The van der Waals surface area contributed by atoms with Crippen molar-refractivity contribution in [1.29, 1.82) is 0 Å². The summed E-state index contributed by atoms with van der Waals surface area (Å²) >= 11 is 0. The number of nitrogens with zero attached hydrogens (tertiary/aromatic N) is 2. The largest absolute Gasteiger partial charge is 0.339 e. The van der Waals surface area contributed by atoms with E-state index in [0.717, 1.165) is 31.6 Å². The third-order valence-electron chi connectivity index (χ3n) is 2.64. The molecule has 0 aliphatic carbocycles. The van der Waals surface area contributed by atoms with Gasteiger partial charge in [0.25, 0.3) is 0 Å². The van der Waals surface area contributed by atoms with E-state index in [1.165, 1.54) is 0 Å². The van der Waals surface area contributed by atoms with E-state index in [0.29, 0.717) is 11.7 Å². The fraction of sp³-hybridized carbons (Fsp3) is 0.833. The van der Waals surface area contributed by atoms with Crippen LogP contribution in [0.15, 0.2) is 4.52 Å². The zero-order valence-electron chi connectivity index (χ0n) is 10.8. The number of aromatic nitrogens is 2. The predicted molar refractivity (Wildman–Crippen MR) is 64.1 cm³/mol. The molecule has 2 N–H and O–H groups in total. The molecule has 0 saturated carbocycles. The lowest BCUT2D eigenvalue weighted by Gasteiger charge is -2.12. The normalized spacial score (nSPS) is 12.4. The van der Waals surface area contributed by atoms with E-state index >= 15 is 0 Å². The highest BCUT2D eigenvalue weighted by Gasteiger charge is 2.24. The fourth-order valence-electron chi connectivity index (χ4n) is 1.75. The Morgan fingerprint density at radius 3 is 2.19 bits per heavy atom. The topological polar surface area (TPSA) is 64.9 Å². The maximum absolute atomic E-state index is 5.93. The van der Waals surface area contributed by atoms with Crippen LogP contribution < -0.4 is 5.73 Å². The van der Waals surface area contributed by atoms with Crippen LogP contribution in [0.3, 0.4) is 0 Å². The third kappa shape index (κ3) is 3.30. The molecule has 0 aliphatic heterocycles. The highest BCUT2D eigenvalue weighted by atomic mass is 16.5. The summed E-state index contributed by atoms with van der Waals surface area (Å²) in [5.41, 5.74) is 5.41. The molecule has 4 heteroatoms. The van der Waals surface area contributed by atoms with Crippen LogP contribution in [0.5, 0.6) is 0 Å². The molecular weight excluding hydrogens is 202 g/mol. The van der Waals surface area contributed by atoms with Crippen molar-refractivity contribution in [3.8, 4) is 0 Å².